The Kier molecular flexibility index (Phi) is 15.4. The molecule has 0 aromatic heterocycles. The Bertz CT molecular complexity index is 1790. The van der Waals surface area contributed by atoms with Gasteiger partial charge in [0.25, 0.3) is 0 Å². The maximum absolute atomic E-state index is 3.78. The second-order valence-corrected chi connectivity index (χ2v) is 32.1. The van der Waals surface area contributed by atoms with Crippen LogP contribution in [0.25, 0.3) is 21.5 Å². The zero-order chi connectivity index (χ0) is 33.9. The van der Waals surface area contributed by atoms with E-state index in [1.165, 1.54) is 71.2 Å². The van der Waals surface area contributed by atoms with E-state index in [9.17, 15) is 0 Å². The molecule has 0 radical (unpaired) electrons. The minimum absolute atomic E-state index is 0. The van der Waals surface area contributed by atoms with Gasteiger partial charge in [0.2, 0.25) is 0 Å². The van der Waals surface area contributed by atoms with Crippen LogP contribution in [0.15, 0.2) is 119 Å². The van der Waals surface area contributed by atoms with Gasteiger partial charge >= 0.3 is 99.2 Å². The van der Waals surface area contributed by atoms with Gasteiger partial charge in [0.1, 0.15) is 0 Å². The number of rotatable bonds is 5. The Morgan fingerprint density at radius 1 is 0.583 bits per heavy atom. The van der Waals surface area contributed by atoms with Gasteiger partial charge < -0.3 is 0 Å². The van der Waals surface area contributed by atoms with Gasteiger partial charge in [0, 0.05) is 8.07 Å². The quantitative estimate of drug-likeness (QED) is 0.123. The predicted octanol–water partition coefficient (Wildman–Crippen LogP) is 13.0. The van der Waals surface area contributed by atoms with Gasteiger partial charge in [-0.2, -0.15) is 5.20 Å². The van der Waals surface area contributed by atoms with Gasteiger partial charge in [0.15, 0.2) is 0 Å². The Morgan fingerprint density at radius 2 is 1.00 bits per heavy atom. The Morgan fingerprint density at radius 3 is 1.35 bits per heavy atom. The number of allylic oxidation sites excluding steroid dienone is 4. The molecule has 0 saturated heterocycles. The van der Waals surface area contributed by atoms with Crippen molar-refractivity contribution in [3.63, 3.8) is 0 Å². The number of hydrogen-bond acceptors (Lipinski definition) is 0. The van der Waals surface area contributed by atoms with E-state index in [0.29, 0.717) is 0 Å². The van der Waals surface area contributed by atoms with Crippen molar-refractivity contribution >= 4 is 73.8 Å². The van der Waals surface area contributed by atoms with Crippen molar-refractivity contribution in [2.24, 2.45) is 0 Å². The third-order valence-electron chi connectivity index (χ3n) is 8.54. The second-order valence-electron chi connectivity index (χ2n) is 15.8. The molecule has 48 heavy (non-hydrogen) atoms. The normalized spacial score (nSPS) is 13.1. The average Bonchev–Trinajstić information content (AvgIpc) is 3.61. The van der Waals surface area contributed by atoms with Crippen LogP contribution >= 0.6 is 24.8 Å². The first-order valence-electron chi connectivity index (χ1n) is 16.6. The number of halogens is 2. The van der Waals surface area contributed by atoms with Crippen LogP contribution in [0.2, 0.25) is 58.9 Å². The SMILES string of the molecule is C[Si](C)(C)C1=[C-]CC([Si](C)(C)C)=C1[Si](C)(C)C.Cc1ccc2c(c1)[cH-]c1cc(C)ccc12.Cl.Cl.[Zr+2]=[C](c1ccccc1)c1ccccc1. The molecule has 5 aromatic rings. The molecule has 0 fully saturated rings. The molecular formula is C42H54Cl2Si3Zr. The summed E-state index contributed by atoms with van der Waals surface area (Å²) < 4.78 is 1.42. The van der Waals surface area contributed by atoms with E-state index >= 15 is 0 Å². The number of fused-ring (bicyclic) bond motifs is 3. The molecule has 0 bridgehead atoms. The predicted molar refractivity (Wildman–Crippen MR) is 226 cm³/mol. The van der Waals surface area contributed by atoms with Crippen LogP contribution in [0.4, 0.5) is 0 Å². The van der Waals surface area contributed by atoms with E-state index in [1.807, 2.05) is 10.4 Å². The van der Waals surface area contributed by atoms with Gasteiger partial charge in [-0.1, -0.05) is 94.3 Å². The van der Waals surface area contributed by atoms with Crippen LogP contribution in [-0.2, 0) is 24.2 Å². The van der Waals surface area contributed by atoms with Crippen LogP contribution in [0.1, 0.15) is 28.7 Å². The van der Waals surface area contributed by atoms with Crippen molar-refractivity contribution in [3.8, 4) is 0 Å². The number of aryl methyl sites for hydroxylation is 2. The fourth-order valence-corrected chi connectivity index (χ4v) is 16.5. The van der Waals surface area contributed by atoms with Gasteiger partial charge in [-0.25, -0.2) is 10.4 Å². The van der Waals surface area contributed by atoms with Crippen molar-refractivity contribution in [2.75, 3.05) is 0 Å². The minimum atomic E-state index is -1.22. The van der Waals surface area contributed by atoms with Crippen molar-refractivity contribution in [2.45, 2.75) is 79.2 Å². The van der Waals surface area contributed by atoms with Gasteiger partial charge in [0.05, 0.1) is 8.07 Å². The fourth-order valence-electron chi connectivity index (χ4n) is 6.25. The zero-order valence-electron chi connectivity index (χ0n) is 30.8. The molecular weight excluding hydrogens is 751 g/mol. The maximum atomic E-state index is 3.78. The fraction of sp³-hybridized carbons (Fsp3) is 0.286. The van der Waals surface area contributed by atoms with Crippen LogP contribution in [-0.4, -0.2) is 27.4 Å². The van der Waals surface area contributed by atoms with E-state index in [0.717, 1.165) is 6.42 Å². The topological polar surface area (TPSA) is 0 Å². The summed E-state index contributed by atoms with van der Waals surface area (Å²) in [4.78, 5) is 0. The number of benzene rings is 4. The van der Waals surface area contributed by atoms with E-state index in [1.54, 1.807) is 5.20 Å². The summed E-state index contributed by atoms with van der Waals surface area (Å²) in [5.41, 5.74) is 5.32. The summed E-state index contributed by atoms with van der Waals surface area (Å²) in [6, 6.07) is 36.7. The molecule has 1 aliphatic rings. The summed E-state index contributed by atoms with van der Waals surface area (Å²) in [7, 11) is -3.60. The molecule has 0 aliphatic heterocycles. The summed E-state index contributed by atoms with van der Waals surface area (Å²) >= 11 is 1.46. The summed E-state index contributed by atoms with van der Waals surface area (Å²) in [6.45, 7) is 26.7. The third kappa shape index (κ3) is 10.9. The molecule has 0 saturated carbocycles. The molecule has 252 valence electrons. The molecule has 6 rings (SSSR count). The van der Waals surface area contributed by atoms with Crippen molar-refractivity contribution in [1.82, 2.24) is 0 Å². The standard InChI is InChI=1S/C15H13.C14H29Si3.C13H10.2ClH.Zr/c1-10-3-5-14-12(7-10)9-13-8-11(2)4-6-15(13)14;1-15(2,3)12-10-11-13(16(4,5)6)14(12)17(7,8)9;1-3-7-12(8-4-1)11-13-9-5-2-6-10-13;;;/h3-9H,1-2H3;10H2,1-9H3;1-10H;2*1H;/q2*-1;;;;+2. The first kappa shape index (κ1) is 42.4. The molecule has 0 spiro atoms. The molecule has 0 N–H and O–H groups in total. The molecule has 0 unspecified atom stereocenters. The monoisotopic (exact) mass is 802 g/mol. The third-order valence-corrected chi connectivity index (χ3v) is 16.7. The molecule has 5 aromatic carbocycles. The molecule has 0 heterocycles. The molecule has 0 atom stereocenters. The molecule has 1 aliphatic carbocycles. The van der Waals surface area contributed by atoms with Crippen molar-refractivity contribution in [3.05, 3.63) is 147 Å². The van der Waals surface area contributed by atoms with Gasteiger partial charge in [-0.15, -0.1) is 71.0 Å². The first-order valence-corrected chi connectivity index (χ1v) is 28.3. The van der Waals surface area contributed by atoms with Gasteiger partial charge in [-0.3, -0.25) is 6.08 Å². The molecule has 6 heteroatoms. The average molecular weight is 805 g/mol. The molecule has 0 amide bonds. The van der Waals surface area contributed by atoms with Gasteiger partial charge in [-0.05, 0) is 21.9 Å². The van der Waals surface area contributed by atoms with E-state index < -0.39 is 24.2 Å². The van der Waals surface area contributed by atoms with E-state index in [-0.39, 0.29) is 24.8 Å². The van der Waals surface area contributed by atoms with Crippen molar-refractivity contribution < 1.29 is 24.2 Å². The first-order chi connectivity index (χ1) is 21.5. The van der Waals surface area contributed by atoms with E-state index in [4.69, 9.17) is 0 Å². The number of hydrogen-bond donors (Lipinski definition) is 0. The molecule has 0 nitrogen and oxygen atoms in total. The van der Waals surface area contributed by atoms with Crippen molar-refractivity contribution in [1.29, 1.82) is 0 Å². The Balaban J connectivity index is 0.000000246. The summed E-state index contributed by atoms with van der Waals surface area (Å²) in [6.07, 6.45) is 4.93. The summed E-state index contributed by atoms with van der Waals surface area (Å²) in [5.74, 6) is 0. The Labute approximate surface area is 321 Å². The second kappa shape index (κ2) is 17.4. The van der Waals surface area contributed by atoms with Crippen LogP contribution < -0.4 is 0 Å². The Hall–Kier alpha value is -1.79. The summed E-state index contributed by atoms with van der Waals surface area (Å²) in [5, 5.41) is 10.8. The van der Waals surface area contributed by atoms with E-state index in [2.05, 4.69) is 182 Å². The zero-order valence-corrected chi connectivity index (χ0v) is 37.9. The van der Waals surface area contributed by atoms with Crippen LogP contribution in [0, 0.1) is 19.9 Å². The van der Waals surface area contributed by atoms with Crippen LogP contribution in [0.3, 0.4) is 0 Å². The van der Waals surface area contributed by atoms with Crippen LogP contribution in [0.5, 0.6) is 0 Å².